The predicted molar refractivity (Wildman–Crippen MR) is 95.0 cm³/mol. The summed E-state index contributed by atoms with van der Waals surface area (Å²) < 4.78 is 0. The van der Waals surface area contributed by atoms with E-state index in [-0.39, 0.29) is 11.5 Å². The fraction of sp³-hybridized carbons (Fsp3) is 0.684. The summed E-state index contributed by atoms with van der Waals surface area (Å²) in [6.07, 6.45) is 3.64. The molecule has 1 aromatic carbocycles. The van der Waals surface area contributed by atoms with Crippen molar-refractivity contribution in [2.45, 2.75) is 52.1 Å². The van der Waals surface area contributed by atoms with Gasteiger partial charge in [0.2, 0.25) is 0 Å². The third kappa shape index (κ3) is 5.71. The van der Waals surface area contributed by atoms with Crippen LogP contribution in [0.15, 0.2) is 30.3 Å². The summed E-state index contributed by atoms with van der Waals surface area (Å²) in [7, 11) is 0. The van der Waals surface area contributed by atoms with E-state index < -0.39 is 0 Å². The Morgan fingerprint density at radius 1 is 1.14 bits per heavy atom. The van der Waals surface area contributed by atoms with Crippen molar-refractivity contribution in [3.63, 3.8) is 0 Å². The van der Waals surface area contributed by atoms with E-state index in [0.29, 0.717) is 6.04 Å². The molecule has 0 amide bonds. The molecular formula is C19H33N3. The van der Waals surface area contributed by atoms with Crippen LogP contribution in [-0.2, 0) is 6.42 Å². The lowest BCUT2D eigenvalue weighted by molar-refractivity contribution is 0.192. The summed E-state index contributed by atoms with van der Waals surface area (Å²) in [6, 6.07) is 11.2. The first-order valence-electron chi connectivity index (χ1n) is 8.70. The van der Waals surface area contributed by atoms with Crippen LogP contribution in [0.25, 0.3) is 0 Å². The zero-order valence-electron chi connectivity index (χ0n) is 14.5. The largest absolute Gasteiger partial charge is 0.326 e. The monoisotopic (exact) mass is 303 g/mol. The zero-order chi connectivity index (χ0) is 16.0. The maximum atomic E-state index is 6.33. The molecule has 0 spiro atoms. The van der Waals surface area contributed by atoms with Crippen LogP contribution < -0.4 is 11.1 Å². The minimum atomic E-state index is 0.172. The van der Waals surface area contributed by atoms with Gasteiger partial charge in [-0.2, -0.15) is 0 Å². The molecule has 3 N–H and O–H groups in total. The Morgan fingerprint density at radius 2 is 1.77 bits per heavy atom. The topological polar surface area (TPSA) is 41.3 Å². The average molecular weight is 303 g/mol. The lowest BCUT2D eigenvalue weighted by Gasteiger charge is -2.35. The summed E-state index contributed by atoms with van der Waals surface area (Å²) in [5.41, 5.74) is 7.91. The molecule has 1 aliphatic heterocycles. The van der Waals surface area contributed by atoms with Crippen LogP contribution in [0.2, 0.25) is 0 Å². The highest BCUT2D eigenvalue weighted by molar-refractivity contribution is 5.15. The van der Waals surface area contributed by atoms with E-state index in [4.69, 9.17) is 5.73 Å². The van der Waals surface area contributed by atoms with Crippen molar-refractivity contribution in [3.8, 4) is 0 Å². The van der Waals surface area contributed by atoms with Crippen LogP contribution in [0.1, 0.15) is 39.2 Å². The predicted octanol–water partition coefficient (Wildman–Crippen LogP) is 2.66. The van der Waals surface area contributed by atoms with Crippen LogP contribution >= 0.6 is 0 Å². The van der Waals surface area contributed by atoms with Crippen molar-refractivity contribution in [1.29, 1.82) is 0 Å². The van der Waals surface area contributed by atoms with Crippen molar-refractivity contribution in [1.82, 2.24) is 10.2 Å². The van der Waals surface area contributed by atoms with E-state index in [2.05, 4.69) is 61.3 Å². The number of benzene rings is 1. The van der Waals surface area contributed by atoms with Gasteiger partial charge in [0.05, 0.1) is 0 Å². The fourth-order valence-electron chi connectivity index (χ4n) is 3.15. The number of rotatable bonds is 7. The molecule has 3 nitrogen and oxygen atoms in total. The lowest BCUT2D eigenvalue weighted by Crippen LogP contribution is -2.51. The summed E-state index contributed by atoms with van der Waals surface area (Å²) in [5.74, 6) is 0. The minimum absolute atomic E-state index is 0.172. The number of nitrogens with zero attached hydrogens (tertiary/aromatic N) is 1. The van der Waals surface area contributed by atoms with E-state index in [9.17, 15) is 0 Å². The van der Waals surface area contributed by atoms with Crippen LogP contribution in [0.4, 0.5) is 0 Å². The molecule has 0 saturated carbocycles. The third-order valence-corrected chi connectivity index (χ3v) is 4.65. The van der Waals surface area contributed by atoms with E-state index >= 15 is 0 Å². The van der Waals surface area contributed by atoms with Gasteiger partial charge in [0.25, 0.3) is 0 Å². The molecule has 22 heavy (non-hydrogen) atoms. The zero-order valence-corrected chi connectivity index (χ0v) is 14.5. The second-order valence-electron chi connectivity index (χ2n) is 7.78. The van der Waals surface area contributed by atoms with Crippen molar-refractivity contribution < 1.29 is 0 Å². The quantitative estimate of drug-likeness (QED) is 0.814. The number of hydrogen-bond donors (Lipinski definition) is 2. The number of nitrogens with one attached hydrogen (secondary N) is 1. The van der Waals surface area contributed by atoms with E-state index in [1.165, 1.54) is 31.5 Å². The number of hydrogen-bond acceptors (Lipinski definition) is 3. The molecule has 0 bridgehead atoms. The summed E-state index contributed by atoms with van der Waals surface area (Å²) in [5, 5.41) is 3.74. The van der Waals surface area contributed by atoms with E-state index in [0.717, 1.165) is 19.5 Å². The first-order chi connectivity index (χ1) is 10.4. The molecule has 0 radical (unpaired) electrons. The van der Waals surface area contributed by atoms with Gasteiger partial charge in [0.1, 0.15) is 0 Å². The van der Waals surface area contributed by atoms with Crippen LogP contribution in [0.5, 0.6) is 0 Å². The van der Waals surface area contributed by atoms with Crippen molar-refractivity contribution >= 4 is 0 Å². The maximum absolute atomic E-state index is 6.33. The first kappa shape index (κ1) is 17.5. The first-order valence-corrected chi connectivity index (χ1v) is 8.70. The molecule has 124 valence electrons. The lowest BCUT2D eigenvalue weighted by atomic mass is 9.86. The van der Waals surface area contributed by atoms with Gasteiger partial charge in [-0.25, -0.2) is 0 Å². The van der Waals surface area contributed by atoms with Crippen molar-refractivity contribution in [2.75, 3.05) is 26.2 Å². The van der Waals surface area contributed by atoms with Crippen LogP contribution in [0, 0.1) is 5.41 Å². The Hall–Kier alpha value is -0.900. The molecule has 1 aromatic rings. The van der Waals surface area contributed by atoms with Gasteiger partial charge in [0, 0.05) is 25.2 Å². The Labute approximate surface area is 136 Å². The summed E-state index contributed by atoms with van der Waals surface area (Å²) >= 11 is 0. The number of nitrogens with two attached hydrogens (primary N) is 1. The molecule has 3 heteroatoms. The molecule has 1 saturated heterocycles. The second-order valence-corrected chi connectivity index (χ2v) is 7.78. The third-order valence-electron chi connectivity index (χ3n) is 4.65. The van der Waals surface area contributed by atoms with Crippen molar-refractivity contribution in [2.24, 2.45) is 11.1 Å². The molecule has 1 fully saturated rings. The Balaban J connectivity index is 1.82. The van der Waals surface area contributed by atoms with Gasteiger partial charge < -0.3 is 16.0 Å². The molecule has 2 rings (SSSR count). The van der Waals surface area contributed by atoms with Gasteiger partial charge in [0.15, 0.2) is 0 Å². The SMILES string of the molecule is CC(C)(C)[C@@H](CN1CCCC1)NC[C@@H](N)Cc1ccccc1. The van der Waals surface area contributed by atoms with Gasteiger partial charge in [-0.1, -0.05) is 51.1 Å². The molecule has 1 aliphatic rings. The molecular weight excluding hydrogens is 270 g/mol. The van der Waals surface area contributed by atoms with Gasteiger partial charge in [-0.15, -0.1) is 0 Å². The fourth-order valence-corrected chi connectivity index (χ4v) is 3.15. The second kappa shape index (κ2) is 8.09. The van der Waals surface area contributed by atoms with E-state index in [1.807, 2.05) is 0 Å². The summed E-state index contributed by atoms with van der Waals surface area (Å²) in [4.78, 5) is 2.59. The Bertz CT molecular complexity index is 418. The van der Waals surface area contributed by atoms with Crippen LogP contribution in [0.3, 0.4) is 0 Å². The standard InChI is InChI=1S/C19H33N3/c1-19(2,3)18(15-22-11-7-8-12-22)21-14-17(20)13-16-9-5-4-6-10-16/h4-6,9-10,17-18,21H,7-8,11-15,20H2,1-3H3/t17-,18+/m0/s1. The highest BCUT2D eigenvalue weighted by Crippen LogP contribution is 2.21. The van der Waals surface area contributed by atoms with Crippen LogP contribution in [-0.4, -0.2) is 43.2 Å². The van der Waals surface area contributed by atoms with Gasteiger partial charge in [-0.05, 0) is 43.3 Å². The van der Waals surface area contributed by atoms with Crippen molar-refractivity contribution in [3.05, 3.63) is 35.9 Å². The minimum Gasteiger partial charge on any atom is -0.326 e. The molecule has 0 aliphatic carbocycles. The molecule has 1 heterocycles. The molecule has 0 aromatic heterocycles. The highest BCUT2D eigenvalue weighted by Gasteiger charge is 2.27. The van der Waals surface area contributed by atoms with Gasteiger partial charge >= 0.3 is 0 Å². The smallest absolute Gasteiger partial charge is 0.0244 e. The maximum Gasteiger partial charge on any atom is 0.0244 e. The summed E-state index contributed by atoms with van der Waals surface area (Å²) in [6.45, 7) is 11.5. The Morgan fingerprint density at radius 3 is 2.36 bits per heavy atom. The molecule has 2 atom stereocenters. The van der Waals surface area contributed by atoms with E-state index in [1.54, 1.807) is 0 Å². The average Bonchev–Trinajstić information content (AvgIpc) is 2.96. The highest BCUT2D eigenvalue weighted by atomic mass is 15.2. The normalized spacial score (nSPS) is 19.3. The van der Waals surface area contributed by atoms with Gasteiger partial charge in [-0.3, -0.25) is 0 Å². The molecule has 0 unspecified atom stereocenters. The number of likely N-dealkylation sites (tertiary alicyclic amines) is 1. The Kier molecular flexibility index (Phi) is 6.42.